The van der Waals surface area contributed by atoms with Crippen molar-refractivity contribution in [3.05, 3.63) is 29.8 Å². The predicted molar refractivity (Wildman–Crippen MR) is 112 cm³/mol. The molecule has 0 aromatic heterocycles. The second-order valence-corrected chi connectivity index (χ2v) is 8.32. The minimum atomic E-state index is -1.25. The molecule has 7 heteroatoms. The van der Waals surface area contributed by atoms with E-state index in [1.165, 1.54) is 0 Å². The summed E-state index contributed by atoms with van der Waals surface area (Å²) in [5.41, 5.74) is -0.388. The third kappa shape index (κ3) is 7.53. The van der Waals surface area contributed by atoms with Crippen LogP contribution in [0.15, 0.2) is 24.3 Å². The minimum absolute atomic E-state index is 0.0422. The second-order valence-electron chi connectivity index (χ2n) is 8.32. The van der Waals surface area contributed by atoms with E-state index < -0.39 is 22.9 Å². The van der Waals surface area contributed by atoms with E-state index in [1.54, 1.807) is 24.3 Å². The molecule has 1 fully saturated rings. The summed E-state index contributed by atoms with van der Waals surface area (Å²) >= 11 is 0. The molecule has 1 aliphatic carbocycles. The van der Waals surface area contributed by atoms with Crippen molar-refractivity contribution < 1.29 is 29.0 Å². The van der Waals surface area contributed by atoms with Crippen LogP contribution >= 0.6 is 0 Å². The molecule has 1 saturated carbocycles. The Morgan fingerprint density at radius 3 is 2.37 bits per heavy atom. The molecule has 1 aromatic carbocycles. The molecule has 2 N–H and O–H groups in total. The number of aliphatic carboxylic acids is 1. The van der Waals surface area contributed by atoms with E-state index in [0.717, 1.165) is 18.4 Å². The Hall–Kier alpha value is -2.85. The largest absolute Gasteiger partial charge is 0.480 e. The van der Waals surface area contributed by atoms with Crippen LogP contribution in [0.25, 0.3) is 0 Å². The number of hydrogen-bond donors (Lipinski definition) is 2. The summed E-state index contributed by atoms with van der Waals surface area (Å²) in [6.45, 7) is 5.88. The fourth-order valence-electron chi connectivity index (χ4n) is 2.66. The van der Waals surface area contributed by atoms with Gasteiger partial charge >= 0.3 is 11.9 Å². The summed E-state index contributed by atoms with van der Waals surface area (Å²) < 4.78 is 10.5. The number of anilines is 1. The number of carboxylic acids is 1. The molecule has 1 aromatic rings. The van der Waals surface area contributed by atoms with Crippen LogP contribution in [0.2, 0.25) is 0 Å². The van der Waals surface area contributed by atoms with Gasteiger partial charge in [-0.2, -0.15) is 0 Å². The second kappa shape index (κ2) is 10.3. The smallest absolute Gasteiger partial charge is 0.332 e. The first-order chi connectivity index (χ1) is 14.1. The van der Waals surface area contributed by atoms with Crippen molar-refractivity contribution in [1.82, 2.24) is 0 Å². The highest BCUT2D eigenvalue weighted by Crippen LogP contribution is 2.46. The van der Waals surface area contributed by atoms with Gasteiger partial charge in [-0.1, -0.05) is 11.8 Å². The molecule has 0 unspecified atom stereocenters. The summed E-state index contributed by atoms with van der Waals surface area (Å²) in [5.74, 6) is 4.22. The molecule has 0 heterocycles. The highest BCUT2D eigenvalue weighted by Gasteiger charge is 2.57. The first kappa shape index (κ1) is 23.4. The maximum absolute atomic E-state index is 12.1. The average Bonchev–Trinajstić information content (AvgIpc) is 3.46. The lowest BCUT2D eigenvalue weighted by atomic mass is 10.1. The zero-order valence-electron chi connectivity index (χ0n) is 17.7. The molecule has 2 rings (SSSR count). The van der Waals surface area contributed by atoms with Gasteiger partial charge in [0.1, 0.15) is 17.6 Å². The Labute approximate surface area is 177 Å². The number of carbonyl (C=O) groups excluding carboxylic acids is 2. The van der Waals surface area contributed by atoms with Gasteiger partial charge in [0.25, 0.3) is 0 Å². The molecular weight excluding hydrogens is 386 g/mol. The van der Waals surface area contributed by atoms with Gasteiger partial charge in [0.2, 0.25) is 5.91 Å². The van der Waals surface area contributed by atoms with Gasteiger partial charge in [0, 0.05) is 24.3 Å². The molecule has 0 saturated heterocycles. The van der Waals surface area contributed by atoms with Crippen molar-refractivity contribution in [3.63, 3.8) is 0 Å². The van der Waals surface area contributed by atoms with Crippen molar-refractivity contribution in [2.45, 2.75) is 58.5 Å². The number of carboxylic acid groups (broad SMARTS) is 1. The summed E-state index contributed by atoms with van der Waals surface area (Å²) in [6.07, 6.45) is 3.11. The Kier molecular flexibility index (Phi) is 8.01. The van der Waals surface area contributed by atoms with Crippen molar-refractivity contribution in [2.75, 3.05) is 18.5 Å². The van der Waals surface area contributed by atoms with Crippen LogP contribution in [0, 0.1) is 17.3 Å². The molecule has 7 nitrogen and oxygen atoms in total. The van der Waals surface area contributed by atoms with Crippen LogP contribution in [0.5, 0.6) is 0 Å². The van der Waals surface area contributed by atoms with Gasteiger partial charge in [0.15, 0.2) is 0 Å². The average molecular weight is 415 g/mol. The van der Waals surface area contributed by atoms with Gasteiger partial charge in [0.05, 0.1) is 0 Å². The Bertz CT molecular complexity index is 822. The SMILES string of the molecule is CC(C)(C)OC(=O)COCCCCC#Cc1ccc(NC(=O)C2(C(=O)O)CC2)cc1. The number of nitrogens with one attached hydrogen (secondary N) is 1. The quantitative estimate of drug-likeness (QED) is 0.277. The zero-order chi connectivity index (χ0) is 22.2. The predicted octanol–water partition coefficient (Wildman–Crippen LogP) is 3.37. The molecule has 0 aliphatic heterocycles. The standard InChI is InChI=1S/C23H29NO6/c1-22(2,3)30-19(25)16-29-15-7-5-4-6-8-17-9-11-18(12-10-17)24-20(26)23(13-14-23)21(27)28/h9-12H,4-5,7,13-16H2,1-3H3,(H,24,26)(H,27,28). The topological polar surface area (TPSA) is 102 Å². The Morgan fingerprint density at radius 1 is 1.13 bits per heavy atom. The molecule has 162 valence electrons. The first-order valence-electron chi connectivity index (χ1n) is 10.1. The Balaban J connectivity index is 1.63. The summed E-state index contributed by atoms with van der Waals surface area (Å²) in [6, 6.07) is 6.99. The molecular formula is C23H29NO6. The number of carbonyl (C=O) groups is 3. The maximum atomic E-state index is 12.1. The van der Waals surface area contributed by atoms with Gasteiger partial charge in [-0.3, -0.25) is 9.59 Å². The van der Waals surface area contributed by atoms with Crippen LogP contribution in [0.4, 0.5) is 5.69 Å². The minimum Gasteiger partial charge on any atom is -0.480 e. The molecule has 1 aliphatic rings. The van der Waals surface area contributed by atoms with E-state index in [2.05, 4.69) is 17.2 Å². The van der Waals surface area contributed by atoms with E-state index in [1.807, 2.05) is 20.8 Å². The van der Waals surface area contributed by atoms with Crippen LogP contribution in [-0.2, 0) is 23.9 Å². The molecule has 1 amide bonds. The van der Waals surface area contributed by atoms with E-state index >= 15 is 0 Å². The van der Waals surface area contributed by atoms with Gasteiger partial charge in [-0.05, 0) is 70.7 Å². The number of amides is 1. The van der Waals surface area contributed by atoms with Crippen molar-refractivity contribution in [3.8, 4) is 11.8 Å². The molecule has 0 atom stereocenters. The number of rotatable bonds is 9. The highest BCUT2D eigenvalue weighted by molar-refractivity contribution is 6.10. The fraction of sp³-hybridized carbons (Fsp3) is 0.522. The van der Waals surface area contributed by atoms with E-state index in [9.17, 15) is 14.4 Å². The van der Waals surface area contributed by atoms with Crippen LogP contribution < -0.4 is 5.32 Å². The lowest BCUT2D eigenvalue weighted by molar-refractivity contribution is -0.160. The van der Waals surface area contributed by atoms with E-state index in [4.69, 9.17) is 14.6 Å². The van der Waals surface area contributed by atoms with Crippen LogP contribution in [0.3, 0.4) is 0 Å². The monoisotopic (exact) mass is 415 g/mol. The van der Waals surface area contributed by atoms with Crippen LogP contribution in [-0.4, -0.2) is 41.8 Å². The molecule has 0 bridgehead atoms. The number of ether oxygens (including phenoxy) is 2. The number of benzene rings is 1. The summed E-state index contributed by atoms with van der Waals surface area (Å²) in [4.78, 5) is 34.8. The van der Waals surface area contributed by atoms with Gasteiger partial charge in [-0.15, -0.1) is 0 Å². The third-order valence-corrected chi connectivity index (χ3v) is 4.45. The number of esters is 1. The van der Waals surface area contributed by atoms with Crippen molar-refractivity contribution in [1.29, 1.82) is 0 Å². The normalized spacial score (nSPS) is 14.2. The molecule has 0 radical (unpaired) electrons. The first-order valence-corrected chi connectivity index (χ1v) is 10.1. The van der Waals surface area contributed by atoms with Crippen molar-refractivity contribution >= 4 is 23.5 Å². The Morgan fingerprint density at radius 2 is 1.80 bits per heavy atom. The van der Waals surface area contributed by atoms with Crippen molar-refractivity contribution in [2.24, 2.45) is 5.41 Å². The molecule has 30 heavy (non-hydrogen) atoms. The third-order valence-electron chi connectivity index (χ3n) is 4.45. The van der Waals surface area contributed by atoms with E-state index in [-0.39, 0.29) is 12.6 Å². The maximum Gasteiger partial charge on any atom is 0.332 e. The summed E-state index contributed by atoms with van der Waals surface area (Å²) in [5, 5.41) is 11.8. The zero-order valence-corrected chi connectivity index (χ0v) is 17.7. The van der Waals surface area contributed by atoms with Gasteiger partial charge < -0.3 is 19.9 Å². The van der Waals surface area contributed by atoms with Crippen LogP contribution in [0.1, 0.15) is 58.4 Å². The fourth-order valence-corrected chi connectivity index (χ4v) is 2.66. The number of hydrogen-bond acceptors (Lipinski definition) is 5. The number of unbranched alkanes of at least 4 members (excludes halogenated alkanes) is 2. The highest BCUT2D eigenvalue weighted by atomic mass is 16.6. The van der Waals surface area contributed by atoms with E-state index in [0.29, 0.717) is 31.6 Å². The van der Waals surface area contributed by atoms with Gasteiger partial charge in [-0.25, -0.2) is 4.79 Å². The lowest BCUT2D eigenvalue weighted by Crippen LogP contribution is -2.31. The lowest BCUT2D eigenvalue weighted by Gasteiger charge is -2.19. The summed E-state index contributed by atoms with van der Waals surface area (Å²) in [7, 11) is 0. The molecule has 0 spiro atoms.